The first-order chi connectivity index (χ1) is 15.6. The summed E-state index contributed by atoms with van der Waals surface area (Å²) in [5.41, 5.74) is 3.21. The molecule has 1 aliphatic heterocycles. The molecule has 1 amide bonds. The van der Waals surface area contributed by atoms with Crippen LogP contribution in [0.3, 0.4) is 0 Å². The van der Waals surface area contributed by atoms with Gasteiger partial charge >= 0.3 is 0 Å². The normalized spacial score (nSPS) is 14.6. The fourth-order valence-corrected chi connectivity index (χ4v) is 4.06. The van der Waals surface area contributed by atoms with Crippen molar-refractivity contribution in [1.82, 2.24) is 24.6 Å². The van der Waals surface area contributed by atoms with Crippen LogP contribution in [0.1, 0.15) is 42.1 Å². The molecule has 3 aromatic rings. The van der Waals surface area contributed by atoms with Gasteiger partial charge in [-0.25, -0.2) is 18.4 Å². The maximum absolute atomic E-state index is 13.8. The molecule has 1 aromatic carbocycles. The highest BCUT2D eigenvalue weighted by Gasteiger charge is 2.25. The summed E-state index contributed by atoms with van der Waals surface area (Å²) in [5, 5.41) is 4.52. The van der Waals surface area contributed by atoms with Gasteiger partial charge in [0.15, 0.2) is 0 Å². The van der Waals surface area contributed by atoms with Crippen LogP contribution >= 0.6 is 0 Å². The second-order valence-corrected chi connectivity index (χ2v) is 8.62. The highest BCUT2D eigenvalue weighted by atomic mass is 19.3. The van der Waals surface area contributed by atoms with Crippen molar-refractivity contribution in [1.29, 1.82) is 0 Å². The number of rotatable bonds is 5. The van der Waals surface area contributed by atoms with E-state index in [1.165, 1.54) is 12.1 Å². The van der Waals surface area contributed by atoms with Crippen molar-refractivity contribution < 1.29 is 13.6 Å². The van der Waals surface area contributed by atoms with Gasteiger partial charge in [-0.2, -0.15) is 10.1 Å². The molecule has 0 spiro atoms. The maximum atomic E-state index is 13.8. The molecule has 3 heterocycles. The first-order valence-corrected chi connectivity index (χ1v) is 11.0. The van der Waals surface area contributed by atoms with Crippen LogP contribution in [0.15, 0.2) is 36.4 Å². The monoisotopic (exact) mass is 454 g/mol. The number of hydrogen-bond donors (Lipinski definition) is 0. The van der Waals surface area contributed by atoms with E-state index >= 15 is 0 Å². The Kier molecular flexibility index (Phi) is 6.14. The number of carbonyl (C=O) groups is 1. The van der Waals surface area contributed by atoms with Gasteiger partial charge in [-0.3, -0.25) is 4.79 Å². The molecule has 1 aliphatic rings. The lowest BCUT2D eigenvalue weighted by Crippen LogP contribution is -2.48. The molecule has 9 heteroatoms. The Labute approximate surface area is 192 Å². The minimum Gasteiger partial charge on any atom is -0.353 e. The van der Waals surface area contributed by atoms with E-state index in [1.54, 1.807) is 17.7 Å². The van der Waals surface area contributed by atoms with Gasteiger partial charge in [0.25, 0.3) is 11.9 Å². The van der Waals surface area contributed by atoms with Crippen LogP contribution < -0.4 is 4.90 Å². The van der Waals surface area contributed by atoms with Gasteiger partial charge in [-0.15, -0.1) is 0 Å². The highest BCUT2D eigenvalue weighted by molar-refractivity contribution is 5.73. The van der Waals surface area contributed by atoms with Gasteiger partial charge in [0.05, 0.1) is 11.4 Å². The predicted molar refractivity (Wildman–Crippen MR) is 122 cm³/mol. The van der Waals surface area contributed by atoms with Gasteiger partial charge in [0.2, 0.25) is 5.91 Å². The van der Waals surface area contributed by atoms with Gasteiger partial charge in [0, 0.05) is 63.8 Å². The average Bonchev–Trinajstić information content (AvgIpc) is 3.11. The van der Waals surface area contributed by atoms with Crippen molar-refractivity contribution in [3.05, 3.63) is 64.6 Å². The Morgan fingerprint density at radius 3 is 2.39 bits per heavy atom. The molecule has 7 nitrogen and oxygen atoms in total. The van der Waals surface area contributed by atoms with E-state index in [-0.39, 0.29) is 11.5 Å². The maximum Gasteiger partial charge on any atom is 0.270 e. The molecule has 4 rings (SSSR count). The predicted octanol–water partition coefficient (Wildman–Crippen LogP) is 3.65. The van der Waals surface area contributed by atoms with Crippen LogP contribution in [0.5, 0.6) is 0 Å². The smallest absolute Gasteiger partial charge is 0.270 e. The second kappa shape index (κ2) is 8.88. The van der Waals surface area contributed by atoms with Crippen molar-refractivity contribution in [3.63, 3.8) is 0 Å². The number of alkyl halides is 2. The summed E-state index contributed by atoms with van der Waals surface area (Å²) in [4.78, 5) is 25.1. The summed E-state index contributed by atoms with van der Waals surface area (Å²) in [6.45, 7) is 8.88. The molecular weight excluding hydrogens is 426 g/mol. The molecule has 0 unspecified atom stereocenters. The van der Waals surface area contributed by atoms with Crippen LogP contribution in [-0.2, 0) is 17.1 Å². The average molecular weight is 455 g/mol. The third kappa shape index (κ3) is 5.18. The standard InChI is InChI=1S/C24H28F2N6O/c1-16-12-17(2)32(29-16)23-27-21(14-19-6-5-7-20(13-19)24(4,25)26)15-22(28-23)31-10-8-30(9-11-31)18(3)33/h5-7,12-13,15H,8-11,14H2,1-4H3. The van der Waals surface area contributed by atoms with Crippen LogP contribution in [-0.4, -0.2) is 56.7 Å². The Bertz CT molecular complexity index is 1160. The zero-order valence-electron chi connectivity index (χ0n) is 19.3. The first-order valence-electron chi connectivity index (χ1n) is 11.0. The third-order valence-corrected chi connectivity index (χ3v) is 5.82. The minimum atomic E-state index is -2.90. The number of benzene rings is 1. The third-order valence-electron chi connectivity index (χ3n) is 5.82. The summed E-state index contributed by atoms with van der Waals surface area (Å²) in [6.07, 6.45) is 0.388. The van der Waals surface area contributed by atoms with E-state index < -0.39 is 5.92 Å². The number of halogens is 2. The molecule has 0 atom stereocenters. The number of piperazine rings is 1. The quantitative estimate of drug-likeness (QED) is 0.589. The Morgan fingerprint density at radius 1 is 1.06 bits per heavy atom. The number of nitrogens with zero attached hydrogens (tertiary/aromatic N) is 6. The highest BCUT2D eigenvalue weighted by Crippen LogP contribution is 2.28. The molecular formula is C24H28F2N6O. The zero-order chi connectivity index (χ0) is 23.8. The van der Waals surface area contributed by atoms with Gasteiger partial charge < -0.3 is 9.80 Å². The summed E-state index contributed by atoms with van der Waals surface area (Å²) in [6, 6.07) is 10.3. The van der Waals surface area contributed by atoms with E-state index in [0.29, 0.717) is 44.2 Å². The topological polar surface area (TPSA) is 67.2 Å². The van der Waals surface area contributed by atoms with Crippen molar-refractivity contribution in [2.75, 3.05) is 31.1 Å². The first kappa shape index (κ1) is 22.8. The van der Waals surface area contributed by atoms with E-state index in [4.69, 9.17) is 9.97 Å². The summed E-state index contributed by atoms with van der Waals surface area (Å²) in [5.74, 6) is -1.66. The number of aryl methyl sites for hydroxylation is 2. The molecule has 0 radical (unpaired) electrons. The molecule has 1 fully saturated rings. The van der Waals surface area contributed by atoms with Crippen LogP contribution in [0, 0.1) is 13.8 Å². The lowest BCUT2D eigenvalue weighted by Gasteiger charge is -2.35. The van der Waals surface area contributed by atoms with E-state index in [1.807, 2.05) is 36.9 Å². The summed E-state index contributed by atoms with van der Waals surface area (Å²) < 4.78 is 29.4. The number of hydrogen-bond acceptors (Lipinski definition) is 5. The Morgan fingerprint density at radius 2 is 1.79 bits per heavy atom. The molecule has 1 saturated heterocycles. The van der Waals surface area contributed by atoms with Gasteiger partial charge in [-0.1, -0.05) is 18.2 Å². The van der Waals surface area contributed by atoms with Crippen molar-refractivity contribution in [2.24, 2.45) is 0 Å². The second-order valence-electron chi connectivity index (χ2n) is 8.62. The van der Waals surface area contributed by atoms with Crippen molar-refractivity contribution in [2.45, 2.75) is 40.0 Å². The SMILES string of the molecule is CC(=O)N1CCN(c2cc(Cc3cccc(C(C)(F)F)c3)nc(-n3nc(C)cc3C)n2)CC1. The van der Waals surface area contributed by atoms with Gasteiger partial charge in [-0.05, 0) is 31.5 Å². The fraction of sp³-hybridized carbons (Fsp3) is 0.417. The van der Waals surface area contributed by atoms with E-state index in [9.17, 15) is 13.6 Å². The molecule has 0 N–H and O–H groups in total. The largest absolute Gasteiger partial charge is 0.353 e. The Hall–Kier alpha value is -3.36. The summed E-state index contributed by atoms with van der Waals surface area (Å²) in [7, 11) is 0. The molecule has 174 valence electrons. The number of carbonyl (C=O) groups excluding carboxylic acids is 1. The molecule has 0 saturated carbocycles. The summed E-state index contributed by atoms with van der Waals surface area (Å²) >= 11 is 0. The molecule has 2 aromatic heterocycles. The van der Waals surface area contributed by atoms with Gasteiger partial charge in [0.1, 0.15) is 5.82 Å². The minimum absolute atomic E-state index is 0.0200. The van der Waals surface area contributed by atoms with Crippen LogP contribution in [0.2, 0.25) is 0 Å². The van der Waals surface area contributed by atoms with Crippen LogP contribution in [0.25, 0.3) is 5.95 Å². The van der Waals surface area contributed by atoms with Crippen molar-refractivity contribution in [3.8, 4) is 5.95 Å². The fourth-order valence-electron chi connectivity index (χ4n) is 4.06. The molecule has 0 bridgehead atoms. The van der Waals surface area contributed by atoms with E-state index in [2.05, 4.69) is 10.00 Å². The lowest BCUT2D eigenvalue weighted by atomic mass is 10.0. The number of amides is 1. The zero-order valence-corrected chi connectivity index (χ0v) is 19.3. The Balaban J connectivity index is 1.69. The van der Waals surface area contributed by atoms with E-state index in [0.717, 1.165) is 29.7 Å². The number of anilines is 1. The lowest BCUT2D eigenvalue weighted by molar-refractivity contribution is -0.129. The molecule has 0 aliphatic carbocycles. The molecule has 33 heavy (non-hydrogen) atoms. The van der Waals surface area contributed by atoms with Crippen LogP contribution in [0.4, 0.5) is 14.6 Å². The van der Waals surface area contributed by atoms with Crippen molar-refractivity contribution >= 4 is 11.7 Å². The number of aromatic nitrogens is 4.